The van der Waals surface area contributed by atoms with Crippen LogP contribution in [0.25, 0.3) is 0 Å². The molecule has 0 heterocycles. The number of hydrogen-bond donors (Lipinski definition) is 1. The molecule has 0 aromatic heterocycles. The lowest BCUT2D eigenvalue weighted by Crippen LogP contribution is -2.44. The van der Waals surface area contributed by atoms with Crippen molar-refractivity contribution in [3.05, 3.63) is 0 Å². The summed E-state index contributed by atoms with van der Waals surface area (Å²) in [6, 6.07) is 0. The summed E-state index contributed by atoms with van der Waals surface area (Å²) < 4.78 is 0. The van der Waals surface area contributed by atoms with Crippen LogP contribution in [0, 0.1) is 11.3 Å². The predicted molar refractivity (Wildman–Crippen MR) is 66.2 cm³/mol. The highest BCUT2D eigenvalue weighted by Gasteiger charge is 2.41. The van der Waals surface area contributed by atoms with Crippen LogP contribution >= 0.6 is 0 Å². The molecular formula is C14H25NO. The monoisotopic (exact) mass is 223 g/mol. The summed E-state index contributed by atoms with van der Waals surface area (Å²) in [6.07, 6.45) is 11.9. The Kier molecular flexibility index (Phi) is 4.01. The molecule has 16 heavy (non-hydrogen) atoms. The smallest absolute Gasteiger partial charge is 0.143 e. The molecule has 2 N–H and O–H groups in total. The summed E-state index contributed by atoms with van der Waals surface area (Å²) in [5, 5.41) is 0. The maximum Gasteiger partial charge on any atom is 0.143 e. The second kappa shape index (κ2) is 5.31. The molecule has 2 aliphatic carbocycles. The summed E-state index contributed by atoms with van der Waals surface area (Å²) in [6.45, 7) is 0.586. The van der Waals surface area contributed by atoms with Crippen molar-refractivity contribution in [2.75, 3.05) is 6.54 Å². The van der Waals surface area contributed by atoms with Gasteiger partial charge in [-0.05, 0) is 25.7 Å². The first-order valence-electron chi connectivity index (χ1n) is 7.03. The SMILES string of the molecule is NCC1(C(=O)C2CCCCC2)CCCCC1. The second-order valence-electron chi connectivity index (χ2n) is 5.74. The molecule has 0 aliphatic heterocycles. The molecule has 0 atom stereocenters. The first-order valence-corrected chi connectivity index (χ1v) is 7.03. The third-order valence-corrected chi connectivity index (χ3v) is 4.70. The molecule has 2 nitrogen and oxygen atoms in total. The minimum absolute atomic E-state index is 0.125. The third kappa shape index (κ3) is 2.32. The average Bonchev–Trinajstić information content (AvgIpc) is 2.39. The summed E-state index contributed by atoms with van der Waals surface area (Å²) in [5.41, 5.74) is 5.80. The van der Waals surface area contributed by atoms with Crippen molar-refractivity contribution in [3.8, 4) is 0 Å². The summed E-state index contributed by atoms with van der Waals surface area (Å²) in [7, 11) is 0. The zero-order valence-electron chi connectivity index (χ0n) is 10.3. The van der Waals surface area contributed by atoms with Gasteiger partial charge in [-0.1, -0.05) is 38.5 Å². The van der Waals surface area contributed by atoms with Gasteiger partial charge in [-0.2, -0.15) is 0 Å². The molecule has 2 rings (SSSR count). The minimum Gasteiger partial charge on any atom is -0.329 e. The van der Waals surface area contributed by atoms with Gasteiger partial charge in [0.1, 0.15) is 5.78 Å². The van der Waals surface area contributed by atoms with Crippen LogP contribution in [0.4, 0.5) is 0 Å². The highest BCUT2D eigenvalue weighted by Crippen LogP contribution is 2.41. The summed E-state index contributed by atoms with van der Waals surface area (Å²) >= 11 is 0. The number of ketones is 1. The van der Waals surface area contributed by atoms with Crippen molar-refractivity contribution in [3.63, 3.8) is 0 Å². The van der Waals surface area contributed by atoms with E-state index in [1.807, 2.05) is 0 Å². The van der Waals surface area contributed by atoms with Crippen LogP contribution in [0.5, 0.6) is 0 Å². The topological polar surface area (TPSA) is 43.1 Å². The normalized spacial score (nSPS) is 26.6. The highest BCUT2D eigenvalue weighted by atomic mass is 16.1. The molecule has 0 unspecified atom stereocenters. The van der Waals surface area contributed by atoms with Crippen molar-refractivity contribution >= 4 is 5.78 Å². The number of carbonyl (C=O) groups is 1. The Morgan fingerprint density at radius 2 is 1.56 bits per heavy atom. The van der Waals surface area contributed by atoms with Crippen molar-refractivity contribution in [2.24, 2.45) is 17.1 Å². The fourth-order valence-corrected chi connectivity index (χ4v) is 3.58. The Morgan fingerprint density at radius 3 is 2.12 bits per heavy atom. The van der Waals surface area contributed by atoms with Gasteiger partial charge in [0.15, 0.2) is 0 Å². The predicted octanol–water partition coefficient (Wildman–Crippen LogP) is 3.05. The van der Waals surface area contributed by atoms with Gasteiger partial charge in [-0.3, -0.25) is 4.79 Å². The van der Waals surface area contributed by atoms with Gasteiger partial charge < -0.3 is 5.73 Å². The average molecular weight is 223 g/mol. The van der Waals surface area contributed by atoms with E-state index < -0.39 is 0 Å². The number of nitrogens with two attached hydrogens (primary N) is 1. The van der Waals surface area contributed by atoms with E-state index in [-0.39, 0.29) is 5.41 Å². The van der Waals surface area contributed by atoms with E-state index in [2.05, 4.69) is 0 Å². The molecule has 0 aromatic rings. The van der Waals surface area contributed by atoms with Crippen LogP contribution < -0.4 is 5.73 Å². The van der Waals surface area contributed by atoms with E-state index in [1.54, 1.807) is 0 Å². The van der Waals surface area contributed by atoms with Crippen LogP contribution in [-0.2, 0) is 4.79 Å². The van der Waals surface area contributed by atoms with Crippen LogP contribution in [-0.4, -0.2) is 12.3 Å². The van der Waals surface area contributed by atoms with Crippen molar-refractivity contribution < 1.29 is 4.79 Å². The number of hydrogen-bond acceptors (Lipinski definition) is 2. The quantitative estimate of drug-likeness (QED) is 0.799. The van der Waals surface area contributed by atoms with E-state index in [1.165, 1.54) is 38.5 Å². The van der Waals surface area contributed by atoms with Crippen molar-refractivity contribution in [1.82, 2.24) is 0 Å². The van der Waals surface area contributed by atoms with E-state index in [4.69, 9.17) is 5.73 Å². The maximum atomic E-state index is 12.6. The lowest BCUT2D eigenvalue weighted by atomic mass is 9.66. The first-order chi connectivity index (χ1) is 7.78. The van der Waals surface area contributed by atoms with E-state index in [0.717, 1.165) is 25.7 Å². The van der Waals surface area contributed by atoms with Crippen LogP contribution in [0.1, 0.15) is 64.2 Å². The zero-order valence-corrected chi connectivity index (χ0v) is 10.3. The van der Waals surface area contributed by atoms with E-state index in [9.17, 15) is 4.79 Å². The van der Waals surface area contributed by atoms with Crippen molar-refractivity contribution in [2.45, 2.75) is 64.2 Å². The van der Waals surface area contributed by atoms with Gasteiger partial charge in [-0.15, -0.1) is 0 Å². The molecule has 0 saturated heterocycles. The molecule has 0 spiro atoms. The third-order valence-electron chi connectivity index (χ3n) is 4.70. The Balaban J connectivity index is 2.04. The standard InChI is InChI=1S/C14H25NO/c15-11-14(9-5-2-6-10-14)13(16)12-7-3-1-4-8-12/h12H,1-11,15H2. The number of rotatable bonds is 3. The van der Waals surface area contributed by atoms with Gasteiger partial charge in [0, 0.05) is 17.9 Å². The maximum absolute atomic E-state index is 12.6. The van der Waals surface area contributed by atoms with Crippen LogP contribution in [0.2, 0.25) is 0 Å². The molecule has 2 saturated carbocycles. The summed E-state index contributed by atoms with van der Waals surface area (Å²) in [5.74, 6) is 0.866. The molecule has 0 bridgehead atoms. The van der Waals surface area contributed by atoms with E-state index >= 15 is 0 Å². The second-order valence-corrected chi connectivity index (χ2v) is 5.74. The number of Topliss-reactive ketones (excluding diaryl/α,β-unsaturated/α-hetero) is 1. The molecule has 0 radical (unpaired) electrons. The Bertz CT molecular complexity index is 237. The van der Waals surface area contributed by atoms with Gasteiger partial charge in [0.25, 0.3) is 0 Å². The Hall–Kier alpha value is -0.370. The fraction of sp³-hybridized carbons (Fsp3) is 0.929. The first kappa shape index (κ1) is 12.1. The van der Waals surface area contributed by atoms with Crippen molar-refractivity contribution in [1.29, 1.82) is 0 Å². The lowest BCUT2D eigenvalue weighted by Gasteiger charge is -2.38. The lowest BCUT2D eigenvalue weighted by molar-refractivity contribution is -0.135. The van der Waals surface area contributed by atoms with Gasteiger partial charge in [-0.25, -0.2) is 0 Å². The molecule has 92 valence electrons. The minimum atomic E-state index is -0.125. The van der Waals surface area contributed by atoms with Crippen LogP contribution in [0.3, 0.4) is 0 Å². The largest absolute Gasteiger partial charge is 0.329 e. The Labute approximate surface area is 99.0 Å². The zero-order chi connectivity index (χ0) is 11.4. The molecule has 2 heteroatoms. The molecule has 0 aromatic carbocycles. The fourth-order valence-electron chi connectivity index (χ4n) is 3.58. The van der Waals surface area contributed by atoms with E-state index in [0.29, 0.717) is 18.2 Å². The van der Waals surface area contributed by atoms with Crippen LogP contribution in [0.15, 0.2) is 0 Å². The molecular weight excluding hydrogens is 198 g/mol. The molecule has 2 fully saturated rings. The van der Waals surface area contributed by atoms with Gasteiger partial charge in [0.2, 0.25) is 0 Å². The van der Waals surface area contributed by atoms with Gasteiger partial charge in [0.05, 0.1) is 0 Å². The Morgan fingerprint density at radius 1 is 1.00 bits per heavy atom. The highest BCUT2D eigenvalue weighted by molar-refractivity contribution is 5.87. The molecule has 2 aliphatic rings. The molecule has 0 amide bonds. The van der Waals surface area contributed by atoms with Gasteiger partial charge >= 0.3 is 0 Å². The number of carbonyl (C=O) groups excluding carboxylic acids is 1. The summed E-state index contributed by atoms with van der Waals surface area (Å²) in [4.78, 5) is 12.6.